The zero-order valence-corrected chi connectivity index (χ0v) is 18.0. The molecule has 1 aromatic heterocycles. The molecule has 28 heavy (non-hydrogen) atoms. The molecule has 0 bridgehead atoms. The summed E-state index contributed by atoms with van der Waals surface area (Å²) >= 11 is 7.55. The average Bonchev–Trinajstić information content (AvgIpc) is 3.05. The Morgan fingerprint density at radius 1 is 1.18 bits per heavy atom. The minimum absolute atomic E-state index is 0.0966. The van der Waals surface area contributed by atoms with Gasteiger partial charge in [0.2, 0.25) is 0 Å². The maximum Gasteiger partial charge on any atom is 0.282 e. The van der Waals surface area contributed by atoms with Crippen molar-refractivity contribution in [3.05, 3.63) is 81.1 Å². The molecule has 4 nitrogen and oxygen atoms in total. The van der Waals surface area contributed by atoms with Crippen LogP contribution in [0, 0.1) is 0 Å². The van der Waals surface area contributed by atoms with Gasteiger partial charge in [-0.25, -0.2) is 0 Å². The molecule has 3 aromatic rings. The van der Waals surface area contributed by atoms with E-state index in [1.807, 2.05) is 18.2 Å². The summed E-state index contributed by atoms with van der Waals surface area (Å²) in [7, 11) is 1.53. The summed E-state index contributed by atoms with van der Waals surface area (Å²) in [6.07, 6.45) is 2.79. The Balaban J connectivity index is 2.08. The third kappa shape index (κ3) is 4.72. The number of nitrogens with zero attached hydrogens (tertiary/aromatic N) is 2. The van der Waals surface area contributed by atoms with Gasteiger partial charge in [0.05, 0.1) is 12.7 Å². The number of benzene rings is 2. The Bertz CT molecular complexity index is 1050. The van der Waals surface area contributed by atoms with Crippen LogP contribution in [0.2, 0.25) is 5.02 Å². The molecule has 0 aliphatic rings. The van der Waals surface area contributed by atoms with Crippen molar-refractivity contribution in [1.82, 2.24) is 3.96 Å². The van der Waals surface area contributed by atoms with E-state index >= 15 is 0 Å². The van der Waals surface area contributed by atoms with Crippen LogP contribution >= 0.6 is 23.1 Å². The number of ether oxygens (including phenoxy) is 1. The minimum atomic E-state index is -0.364. The summed E-state index contributed by atoms with van der Waals surface area (Å²) < 4.78 is 8.13. The predicted octanol–water partition coefficient (Wildman–Crippen LogP) is 5.30. The highest BCUT2D eigenvalue weighted by Crippen LogP contribution is 2.24. The molecule has 0 N–H and O–H groups in total. The SMILES string of the molecule is COc1ccc(Cl)cc1C(=O)/N=c1\sn(C(C)(C)C)cc1Cc1ccccc1. The lowest BCUT2D eigenvalue weighted by Gasteiger charge is -2.19. The van der Waals surface area contributed by atoms with Crippen molar-refractivity contribution in [1.29, 1.82) is 0 Å². The van der Waals surface area contributed by atoms with Crippen molar-refractivity contribution in [2.45, 2.75) is 32.7 Å². The maximum absolute atomic E-state index is 12.9. The van der Waals surface area contributed by atoms with E-state index in [1.54, 1.807) is 18.2 Å². The van der Waals surface area contributed by atoms with Crippen LogP contribution in [0.15, 0.2) is 59.7 Å². The summed E-state index contributed by atoms with van der Waals surface area (Å²) in [5.74, 6) is 0.0968. The molecule has 1 heterocycles. The molecule has 1 amide bonds. The predicted molar refractivity (Wildman–Crippen MR) is 114 cm³/mol. The highest BCUT2D eigenvalue weighted by molar-refractivity contribution is 7.04. The van der Waals surface area contributed by atoms with Gasteiger partial charge >= 0.3 is 0 Å². The molecule has 3 rings (SSSR count). The molecule has 0 aliphatic heterocycles. The van der Waals surface area contributed by atoms with Gasteiger partial charge in [-0.1, -0.05) is 41.9 Å². The van der Waals surface area contributed by atoms with Gasteiger partial charge in [0.25, 0.3) is 5.91 Å². The quantitative estimate of drug-likeness (QED) is 0.581. The largest absolute Gasteiger partial charge is 0.496 e. The first-order chi connectivity index (χ1) is 13.3. The number of halogens is 1. The third-order valence-electron chi connectivity index (χ3n) is 4.23. The number of carbonyl (C=O) groups is 1. The van der Waals surface area contributed by atoms with E-state index in [-0.39, 0.29) is 11.4 Å². The first kappa shape index (κ1) is 20.4. The number of methoxy groups -OCH3 is 1. The average molecular weight is 415 g/mol. The smallest absolute Gasteiger partial charge is 0.282 e. The molecular formula is C22H23ClN2O2S. The molecule has 0 spiro atoms. The van der Waals surface area contributed by atoms with Crippen LogP contribution < -0.4 is 9.41 Å². The number of hydrogen-bond acceptors (Lipinski definition) is 3. The lowest BCUT2D eigenvalue weighted by molar-refractivity contribution is 0.0996. The van der Waals surface area contributed by atoms with Crippen molar-refractivity contribution in [3.8, 4) is 5.75 Å². The fourth-order valence-corrected chi connectivity index (χ4v) is 3.91. The monoisotopic (exact) mass is 414 g/mol. The van der Waals surface area contributed by atoms with Crippen LogP contribution in [0.25, 0.3) is 0 Å². The summed E-state index contributed by atoms with van der Waals surface area (Å²) in [5.41, 5.74) is 2.45. The topological polar surface area (TPSA) is 43.6 Å². The van der Waals surface area contributed by atoms with Gasteiger partial charge in [0.15, 0.2) is 0 Å². The van der Waals surface area contributed by atoms with E-state index in [9.17, 15) is 4.79 Å². The standard InChI is InChI=1S/C22H23ClN2O2S/c1-22(2,3)25-14-16(12-15-8-6-5-7-9-15)21(28-25)24-20(26)18-13-17(23)10-11-19(18)27-4/h5-11,13-14H,12H2,1-4H3/b24-21-. The second-order valence-electron chi connectivity index (χ2n) is 7.47. The highest BCUT2D eigenvalue weighted by Gasteiger charge is 2.18. The molecule has 2 aromatic carbocycles. The molecule has 0 aliphatic carbocycles. The first-order valence-corrected chi connectivity index (χ1v) is 10.1. The van der Waals surface area contributed by atoms with Crippen LogP contribution in [-0.2, 0) is 12.0 Å². The van der Waals surface area contributed by atoms with Gasteiger partial charge in [-0.2, -0.15) is 4.99 Å². The lowest BCUT2D eigenvalue weighted by atomic mass is 10.1. The van der Waals surface area contributed by atoms with E-state index < -0.39 is 0 Å². The molecular weight excluding hydrogens is 392 g/mol. The van der Waals surface area contributed by atoms with Crippen molar-refractivity contribution in [2.24, 2.45) is 4.99 Å². The van der Waals surface area contributed by atoms with Gasteiger partial charge in [-0.05, 0) is 56.1 Å². The molecule has 0 saturated carbocycles. The maximum atomic E-state index is 12.9. The van der Waals surface area contributed by atoms with Gasteiger partial charge in [-0.3, -0.25) is 8.75 Å². The normalized spacial score (nSPS) is 12.2. The van der Waals surface area contributed by atoms with E-state index in [1.165, 1.54) is 24.2 Å². The van der Waals surface area contributed by atoms with E-state index in [0.717, 1.165) is 5.56 Å². The van der Waals surface area contributed by atoms with E-state index in [0.29, 0.717) is 27.4 Å². The molecule has 146 valence electrons. The molecule has 0 unspecified atom stereocenters. The Morgan fingerprint density at radius 2 is 1.89 bits per heavy atom. The molecule has 0 radical (unpaired) electrons. The first-order valence-electron chi connectivity index (χ1n) is 8.97. The van der Waals surface area contributed by atoms with Crippen LogP contribution in [0.5, 0.6) is 5.75 Å². The van der Waals surface area contributed by atoms with Gasteiger partial charge in [0.1, 0.15) is 10.4 Å². The van der Waals surface area contributed by atoms with Crippen molar-refractivity contribution >= 4 is 29.0 Å². The fourth-order valence-electron chi connectivity index (χ4n) is 2.73. The Labute approximate surface area is 174 Å². The van der Waals surface area contributed by atoms with Crippen molar-refractivity contribution < 1.29 is 9.53 Å². The zero-order chi connectivity index (χ0) is 20.3. The highest BCUT2D eigenvalue weighted by atomic mass is 35.5. The fraction of sp³-hybridized carbons (Fsp3) is 0.273. The number of carbonyl (C=O) groups excluding carboxylic acids is 1. The molecule has 0 atom stereocenters. The van der Waals surface area contributed by atoms with E-state index in [2.05, 4.69) is 48.0 Å². The van der Waals surface area contributed by atoms with Gasteiger partial charge in [-0.15, -0.1) is 0 Å². The van der Waals surface area contributed by atoms with Crippen LogP contribution in [0.1, 0.15) is 42.3 Å². The molecule has 0 fully saturated rings. The number of rotatable bonds is 4. The molecule has 0 saturated heterocycles. The summed E-state index contributed by atoms with van der Waals surface area (Å²) in [6.45, 7) is 6.38. The number of aromatic nitrogens is 1. The van der Waals surface area contributed by atoms with Crippen LogP contribution in [0.4, 0.5) is 0 Å². The lowest BCUT2D eigenvalue weighted by Crippen LogP contribution is -2.18. The molecule has 6 heteroatoms. The summed E-state index contributed by atoms with van der Waals surface area (Å²) in [4.78, 5) is 17.3. The van der Waals surface area contributed by atoms with Crippen molar-refractivity contribution in [3.63, 3.8) is 0 Å². The van der Waals surface area contributed by atoms with Gasteiger partial charge in [0, 0.05) is 28.7 Å². The van der Waals surface area contributed by atoms with E-state index in [4.69, 9.17) is 16.3 Å². The summed E-state index contributed by atoms with van der Waals surface area (Å²) in [5, 5.41) is 0.472. The number of amides is 1. The zero-order valence-electron chi connectivity index (χ0n) is 16.4. The van der Waals surface area contributed by atoms with Crippen LogP contribution in [0.3, 0.4) is 0 Å². The second kappa shape index (κ2) is 8.33. The minimum Gasteiger partial charge on any atom is -0.496 e. The van der Waals surface area contributed by atoms with Gasteiger partial charge < -0.3 is 4.74 Å². The Kier molecular flexibility index (Phi) is 6.06. The number of hydrogen-bond donors (Lipinski definition) is 0. The van der Waals surface area contributed by atoms with Crippen LogP contribution in [-0.4, -0.2) is 17.0 Å². The Morgan fingerprint density at radius 3 is 2.54 bits per heavy atom. The third-order valence-corrected chi connectivity index (χ3v) is 5.84. The summed E-state index contributed by atoms with van der Waals surface area (Å²) in [6, 6.07) is 15.1. The Hall–Kier alpha value is -2.37. The second-order valence-corrected chi connectivity index (χ2v) is 8.87. The van der Waals surface area contributed by atoms with Crippen molar-refractivity contribution in [2.75, 3.05) is 7.11 Å².